The Morgan fingerprint density at radius 3 is 2.67 bits per heavy atom. The van der Waals surface area contributed by atoms with Gasteiger partial charge in [-0.25, -0.2) is 0 Å². The van der Waals surface area contributed by atoms with Crippen molar-refractivity contribution in [1.82, 2.24) is 0 Å². The molecule has 0 N–H and O–H groups in total. The fraction of sp³-hybridized carbons (Fsp3) is 0.810. The Morgan fingerprint density at radius 1 is 1.12 bits per heavy atom. The molecule has 0 bridgehead atoms. The van der Waals surface area contributed by atoms with Crippen molar-refractivity contribution in [2.75, 3.05) is 0 Å². The number of allylic oxidation sites excluding steroid dienone is 1. The molecule has 24 heavy (non-hydrogen) atoms. The van der Waals surface area contributed by atoms with Gasteiger partial charge in [-0.3, -0.25) is 9.59 Å². The summed E-state index contributed by atoms with van der Waals surface area (Å²) in [6, 6.07) is 0. The van der Waals surface area contributed by atoms with E-state index in [0.29, 0.717) is 23.0 Å². The van der Waals surface area contributed by atoms with E-state index >= 15 is 0 Å². The van der Waals surface area contributed by atoms with Crippen molar-refractivity contribution in [3.05, 3.63) is 11.6 Å². The van der Waals surface area contributed by atoms with Gasteiger partial charge in [-0.2, -0.15) is 0 Å². The van der Waals surface area contributed by atoms with Crippen LogP contribution >= 0.6 is 0 Å². The first kappa shape index (κ1) is 16.4. The number of carbonyl (C=O) groups is 2. The predicted octanol–water partition coefficient (Wildman–Crippen LogP) is 4.45. The number of esters is 1. The molecule has 4 aliphatic carbocycles. The molecule has 0 amide bonds. The molecule has 0 aromatic rings. The van der Waals surface area contributed by atoms with Crippen LogP contribution in [0.1, 0.15) is 72.1 Å². The summed E-state index contributed by atoms with van der Waals surface area (Å²) in [4.78, 5) is 24.4. The van der Waals surface area contributed by atoms with Crippen molar-refractivity contribution in [3.8, 4) is 0 Å². The lowest BCUT2D eigenvalue weighted by atomic mass is 9.48. The Balaban J connectivity index is 1.65. The van der Waals surface area contributed by atoms with Crippen molar-refractivity contribution in [1.29, 1.82) is 0 Å². The SMILES string of the molecule is CC(=O)O[C@@H]1CC[C@@]2(C)C(=CC(=O)[C@H]3[C@@H]4CCC[C@@]4(C)CC[C@@H]32)C1. The van der Waals surface area contributed by atoms with Crippen molar-refractivity contribution < 1.29 is 14.3 Å². The number of hydrogen-bond acceptors (Lipinski definition) is 3. The third-order valence-electron chi connectivity index (χ3n) is 8.01. The van der Waals surface area contributed by atoms with Crippen LogP contribution in [0.2, 0.25) is 0 Å². The molecule has 0 spiro atoms. The van der Waals surface area contributed by atoms with E-state index in [1.807, 2.05) is 6.08 Å². The number of ketones is 1. The molecular weight excluding hydrogens is 300 g/mol. The molecule has 0 unspecified atom stereocenters. The predicted molar refractivity (Wildman–Crippen MR) is 92.3 cm³/mol. The summed E-state index contributed by atoms with van der Waals surface area (Å²) in [6.45, 7) is 6.28. The Bertz CT molecular complexity index is 606. The summed E-state index contributed by atoms with van der Waals surface area (Å²) in [5.74, 6) is 1.49. The van der Waals surface area contributed by atoms with Crippen molar-refractivity contribution in [2.45, 2.75) is 78.2 Å². The Morgan fingerprint density at radius 2 is 1.92 bits per heavy atom. The third kappa shape index (κ3) is 2.30. The second kappa shape index (κ2) is 5.44. The van der Waals surface area contributed by atoms with Crippen molar-refractivity contribution >= 4 is 11.8 Å². The second-order valence-corrected chi connectivity index (χ2v) is 9.29. The molecule has 0 aromatic carbocycles. The maximum absolute atomic E-state index is 13.1. The van der Waals surface area contributed by atoms with Crippen LogP contribution < -0.4 is 0 Å². The van der Waals surface area contributed by atoms with Crippen LogP contribution in [0.5, 0.6) is 0 Å². The van der Waals surface area contributed by atoms with E-state index in [2.05, 4.69) is 13.8 Å². The fourth-order valence-corrected chi connectivity index (χ4v) is 6.69. The molecule has 3 heteroatoms. The normalized spacial score (nSPS) is 47.3. The first-order chi connectivity index (χ1) is 11.3. The zero-order chi connectivity index (χ0) is 17.1. The van der Waals surface area contributed by atoms with E-state index in [1.165, 1.54) is 44.6 Å². The maximum atomic E-state index is 13.1. The van der Waals surface area contributed by atoms with Crippen LogP contribution in [0.15, 0.2) is 11.6 Å². The topological polar surface area (TPSA) is 43.4 Å². The van der Waals surface area contributed by atoms with E-state index in [0.717, 1.165) is 19.3 Å². The summed E-state index contributed by atoms with van der Waals surface area (Å²) >= 11 is 0. The number of carbonyl (C=O) groups excluding carboxylic acids is 2. The molecule has 3 saturated carbocycles. The minimum atomic E-state index is -0.205. The highest BCUT2D eigenvalue weighted by Crippen LogP contribution is 2.64. The molecule has 0 radical (unpaired) electrons. The molecule has 3 fully saturated rings. The van der Waals surface area contributed by atoms with Crippen molar-refractivity contribution in [2.24, 2.45) is 28.6 Å². The molecule has 132 valence electrons. The first-order valence-electron chi connectivity index (χ1n) is 9.76. The summed E-state index contributed by atoms with van der Waals surface area (Å²) in [7, 11) is 0. The zero-order valence-electron chi connectivity index (χ0n) is 15.3. The van der Waals surface area contributed by atoms with E-state index in [-0.39, 0.29) is 23.4 Å². The fourth-order valence-electron chi connectivity index (χ4n) is 6.69. The van der Waals surface area contributed by atoms with E-state index in [4.69, 9.17) is 4.74 Å². The molecular formula is C21H30O3. The van der Waals surface area contributed by atoms with E-state index in [1.54, 1.807) is 0 Å². The number of fused-ring (bicyclic) bond motifs is 5. The van der Waals surface area contributed by atoms with Gasteiger partial charge in [-0.05, 0) is 67.3 Å². The molecule has 4 rings (SSSR count). The zero-order valence-corrected chi connectivity index (χ0v) is 15.3. The van der Waals surface area contributed by atoms with Gasteiger partial charge in [0.2, 0.25) is 0 Å². The number of rotatable bonds is 1. The van der Waals surface area contributed by atoms with Gasteiger partial charge in [0.25, 0.3) is 0 Å². The van der Waals surface area contributed by atoms with Gasteiger partial charge in [-0.1, -0.05) is 25.8 Å². The highest BCUT2D eigenvalue weighted by atomic mass is 16.5. The molecule has 0 saturated heterocycles. The average Bonchev–Trinajstić information content (AvgIpc) is 2.90. The van der Waals surface area contributed by atoms with Gasteiger partial charge in [0.05, 0.1) is 0 Å². The summed E-state index contributed by atoms with van der Waals surface area (Å²) < 4.78 is 5.45. The second-order valence-electron chi connectivity index (χ2n) is 9.29. The monoisotopic (exact) mass is 330 g/mol. The van der Waals surface area contributed by atoms with Gasteiger partial charge in [0, 0.05) is 19.3 Å². The molecule has 6 atom stereocenters. The Hall–Kier alpha value is -1.12. The van der Waals surface area contributed by atoms with Crippen LogP contribution in [-0.4, -0.2) is 17.9 Å². The lowest BCUT2D eigenvalue weighted by molar-refractivity contribution is -0.149. The van der Waals surface area contributed by atoms with Crippen LogP contribution in [0.25, 0.3) is 0 Å². The largest absolute Gasteiger partial charge is 0.462 e. The van der Waals surface area contributed by atoms with Gasteiger partial charge in [0.1, 0.15) is 6.10 Å². The van der Waals surface area contributed by atoms with E-state index in [9.17, 15) is 9.59 Å². The third-order valence-corrected chi connectivity index (χ3v) is 8.01. The Labute approximate surface area is 145 Å². The van der Waals surface area contributed by atoms with Crippen LogP contribution in [0.3, 0.4) is 0 Å². The van der Waals surface area contributed by atoms with Crippen molar-refractivity contribution in [3.63, 3.8) is 0 Å². The maximum Gasteiger partial charge on any atom is 0.302 e. The lowest BCUT2D eigenvalue weighted by Crippen LogP contribution is -2.52. The highest BCUT2D eigenvalue weighted by molar-refractivity contribution is 5.94. The molecule has 0 aliphatic heterocycles. The van der Waals surface area contributed by atoms with E-state index < -0.39 is 0 Å². The molecule has 3 nitrogen and oxygen atoms in total. The summed E-state index contributed by atoms with van der Waals surface area (Å²) in [6.07, 6.45) is 11.0. The Kier molecular flexibility index (Phi) is 3.71. The molecule has 4 aliphatic rings. The summed E-state index contributed by atoms with van der Waals surface area (Å²) in [5, 5.41) is 0. The van der Waals surface area contributed by atoms with Crippen LogP contribution in [-0.2, 0) is 14.3 Å². The van der Waals surface area contributed by atoms with Gasteiger partial charge in [-0.15, -0.1) is 0 Å². The highest BCUT2D eigenvalue weighted by Gasteiger charge is 2.58. The minimum absolute atomic E-state index is 0.0356. The number of ether oxygens (including phenoxy) is 1. The van der Waals surface area contributed by atoms with Crippen LogP contribution in [0.4, 0.5) is 0 Å². The molecule has 0 heterocycles. The van der Waals surface area contributed by atoms with Crippen LogP contribution in [0, 0.1) is 28.6 Å². The quantitative estimate of drug-likeness (QED) is 0.667. The van der Waals surface area contributed by atoms with Gasteiger partial charge < -0.3 is 4.74 Å². The first-order valence-corrected chi connectivity index (χ1v) is 9.76. The van der Waals surface area contributed by atoms with Gasteiger partial charge in [0.15, 0.2) is 5.78 Å². The summed E-state index contributed by atoms with van der Waals surface area (Å²) in [5.41, 5.74) is 1.79. The van der Waals surface area contributed by atoms with Gasteiger partial charge >= 0.3 is 5.97 Å². The molecule has 0 aromatic heterocycles. The average molecular weight is 330 g/mol. The minimum Gasteiger partial charge on any atom is -0.462 e. The number of hydrogen-bond donors (Lipinski definition) is 0. The smallest absolute Gasteiger partial charge is 0.302 e. The lowest BCUT2D eigenvalue weighted by Gasteiger charge is -2.56. The standard InChI is InChI=1S/C21H30O3/c1-13(22)24-15-6-10-21(3)14(11-15)12-18(23)19-16-5-4-8-20(16,2)9-7-17(19)21/h12,15-17,19H,4-11H2,1-3H3/t15-,16+,17+,19+,20+,21+/m1/s1.